The van der Waals surface area contributed by atoms with E-state index in [2.05, 4.69) is 26.2 Å². The average Bonchev–Trinajstić information content (AvgIpc) is 2.96. The third-order valence-corrected chi connectivity index (χ3v) is 6.78. The Balaban J connectivity index is 1.55. The molecule has 2 aromatic carbocycles. The van der Waals surface area contributed by atoms with E-state index in [0.29, 0.717) is 25.1 Å². The second-order valence-electron chi connectivity index (χ2n) is 8.84. The second kappa shape index (κ2) is 8.79. The highest BCUT2D eigenvalue weighted by Gasteiger charge is 2.42. The molecule has 35 heavy (non-hydrogen) atoms. The highest BCUT2D eigenvalue weighted by atomic mass is 19.4. The van der Waals surface area contributed by atoms with Crippen molar-refractivity contribution in [3.63, 3.8) is 0 Å². The van der Waals surface area contributed by atoms with Crippen LogP contribution in [-0.4, -0.2) is 43.8 Å². The van der Waals surface area contributed by atoms with E-state index < -0.39 is 18.1 Å². The molecule has 0 saturated carbocycles. The fourth-order valence-electron chi connectivity index (χ4n) is 5.05. The normalized spacial score (nSPS) is 19.2. The number of anilines is 3. The van der Waals surface area contributed by atoms with Crippen LogP contribution in [-0.2, 0) is 4.79 Å². The summed E-state index contributed by atoms with van der Waals surface area (Å²) in [5.41, 5.74) is 5.87. The van der Waals surface area contributed by atoms with E-state index >= 15 is 0 Å². The lowest BCUT2D eigenvalue weighted by Gasteiger charge is -2.41. The SMILES string of the molecule is COc1cncc(-c2ccc3c(c2)N(C)c2ccccc2C2CC(NC(=O)C(F)(F)F)CCN32)c1. The number of pyridine rings is 1. The number of ether oxygens (including phenoxy) is 1. The van der Waals surface area contributed by atoms with E-state index in [9.17, 15) is 18.0 Å². The summed E-state index contributed by atoms with van der Waals surface area (Å²) in [6, 6.07) is 15.3. The van der Waals surface area contributed by atoms with Crippen LogP contribution in [0.1, 0.15) is 24.4 Å². The van der Waals surface area contributed by atoms with E-state index in [-0.39, 0.29) is 6.04 Å². The van der Waals surface area contributed by atoms with Gasteiger partial charge in [0.1, 0.15) is 5.75 Å². The molecule has 1 amide bonds. The molecule has 2 aliphatic heterocycles. The summed E-state index contributed by atoms with van der Waals surface area (Å²) < 4.78 is 43.9. The smallest absolute Gasteiger partial charge is 0.471 e. The van der Waals surface area contributed by atoms with Crippen LogP contribution in [0.5, 0.6) is 5.75 Å². The van der Waals surface area contributed by atoms with Crippen molar-refractivity contribution in [2.75, 3.05) is 30.5 Å². The summed E-state index contributed by atoms with van der Waals surface area (Å²) >= 11 is 0. The minimum Gasteiger partial charge on any atom is -0.495 e. The Kier molecular flexibility index (Phi) is 5.78. The Morgan fingerprint density at radius 2 is 1.86 bits per heavy atom. The number of rotatable bonds is 3. The number of alkyl halides is 3. The number of halogens is 3. The molecule has 1 aromatic heterocycles. The molecule has 0 spiro atoms. The number of hydrogen-bond acceptors (Lipinski definition) is 5. The largest absolute Gasteiger partial charge is 0.495 e. The van der Waals surface area contributed by atoms with Gasteiger partial charge in [0, 0.05) is 37.1 Å². The van der Waals surface area contributed by atoms with Gasteiger partial charge >= 0.3 is 12.1 Å². The van der Waals surface area contributed by atoms with Gasteiger partial charge in [-0.05, 0) is 48.2 Å². The molecule has 1 N–H and O–H groups in total. The number of benzene rings is 2. The Morgan fingerprint density at radius 3 is 2.63 bits per heavy atom. The van der Waals surface area contributed by atoms with Crippen LogP contribution in [0.4, 0.5) is 30.2 Å². The standard InChI is InChI=1S/C26H25F3N4O2/c1-32-21-6-4-3-5-20(21)23-13-18(31-25(34)26(27,28)29)9-10-33(23)22-8-7-16(12-24(22)32)17-11-19(35-2)15-30-14-17/h3-8,11-12,14-15,18,23H,9-10,13H2,1-2H3,(H,31,34). The van der Waals surface area contributed by atoms with Crippen molar-refractivity contribution < 1.29 is 22.7 Å². The number of carbonyl (C=O) groups excluding carboxylic acids is 1. The van der Waals surface area contributed by atoms with Gasteiger partial charge in [-0.15, -0.1) is 0 Å². The summed E-state index contributed by atoms with van der Waals surface area (Å²) in [7, 11) is 3.59. The maximum atomic E-state index is 12.9. The molecule has 1 fully saturated rings. The molecule has 2 atom stereocenters. The molecule has 0 radical (unpaired) electrons. The molecule has 5 rings (SSSR count). The number of nitrogens with one attached hydrogen (secondary N) is 1. The van der Waals surface area contributed by atoms with Gasteiger partial charge in [-0.2, -0.15) is 13.2 Å². The molecule has 9 heteroatoms. The monoisotopic (exact) mass is 482 g/mol. The van der Waals surface area contributed by atoms with Crippen molar-refractivity contribution in [2.24, 2.45) is 0 Å². The van der Waals surface area contributed by atoms with Gasteiger partial charge in [-0.25, -0.2) is 0 Å². The first kappa shape index (κ1) is 23.0. The molecule has 3 aromatic rings. The maximum Gasteiger partial charge on any atom is 0.471 e. The van der Waals surface area contributed by atoms with Gasteiger partial charge in [0.25, 0.3) is 0 Å². The number of fused-ring (bicyclic) bond motifs is 5. The van der Waals surface area contributed by atoms with Crippen LogP contribution in [0, 0.1) is 0 Å². The van der Waals surface area contributed by atoms with Crippen LogP contribution in [0.3, 0.4) is 0 Å². The van der Waals surface area contributed by atoms with Crippen molar-refractivity contribution in [3.8, 4) is 16.9 Å². The molecule has 1 saturated heterocycles. The predicted molar refractivity (Wildman–Crippen MR) is 128 cm³/mol. The number of methoxy groups -OCH3 is 1. The van der Waals surface area contributed by atoms with E-state index in [1.807, 2.05) is 49.5 Å². The van der Waals surface area contributed by atoms with E-state index in [4.69, 9.17) is 4.74 Å². The second-order valence-corrected chi connectivity index (χ2v) is 8.84. The molecule has 6 nitrogen and oxygen atoms in total. The first-order chi connectivity index (χ1) is 16.8. The Morgan fingerprint density at radius 1 is 1.06 bits per heavy atom. The lowest BCUT2D eigenvalue weighted by Crippen LogP contribution is -2.49. The van der Waals surface area contributed by atoms with Crippen LogP contribution in [0.15, 0.2) is 60.9 Å². The first-order valence-electron chi connectivity index (χ1n) is 11.4. The van der Waals surface area contributed by atoms with Gasteiger partial charge < -0.3 is 19.9 Å². The van der Waals surface area contributed by atoms with Crippen molar-refractivity contribution in [1.82, 2.24) is 10.3 Å². The van der Waals surface area contributed by atoms with Crippen molar-refractivity contribution in [2.45, 2.75) is 31.1 Å². The van der Waals surface area contributed by atoms with Gasteiger partial charge in [-0.3, -0.25) is 9.78 Å². The number of piperidine rings is 1. The van der Waals surface area contributed by atoms with Crippen LogP contribution in [0.25, 0.3) is 11.1 Å². The summed E-state index contributed by atoms with van der Waals surface area (Å²) in [6.07, 6.45) is -0.649. The summed E-state index contributed by atoms with van der Waals surface area (Å²) in [5.74, 6) is -1.22. The zero-order valence-electron chi connectivity index (χ0n) is 19.3. The number of hydrogen-bond donors (Lipinski definition) is 1. The zero-order chi connectivity index (χ0) is 24.7. The fourth-order valence-corrected chi connectivity index (χ4v) is 5.05. The minimum atomic E-state index is -4.89. The van der Waals surface area contributed by atoms with Crippen molar-refractivity contribution in [1.29, 1.82) is 0 Å². The highest BCUT2D eigenvalue weighted by molar-refractivity contribution is 5.86. The first-order valence-corrected chi connectivity index (χ1v) is 11.4. The van der Waals surface area contributed by atoms with Crippen LogP contribution >= 0.6 is 0 Å². The summed E-state index contributed by atoms with van der Waals surface area (Å²) in [5, 5.41) is 2.20. The number of carbonyl (C=O) groups is 1. The van der Waals surface area contributed by atoms with Gasteiger partial charge in [0.05, 0.1) is 30.7 Å². The minimum absolute atomic E-state index is 0.175. The van der Waals surface area contributed by atoms with Crippen LogP contribution in [0.2, 0.25) is 0 Å². The Labute approximate surface area is 201 Å². The molecule has 2 aliphatic rings. The van der Waals surface area contributed by atoms with E-state index in [0.717, 1.165) is 33.8 Å². The van der Waals surface area contributed by atoms with Crippen LogP contribution < -0.4 is 19.9 Å². The lowest BCUT2D eigenvalue weighted by atomic mass is 9.90. The van der Waals surface area contributed by atoms with Crippen molar-refractivity contribution >= 4 is 23.0 Å². The molecular formula is C26H25F3N4O2. The topological polar surface area (TPSA) is 57.7 Å². The lowest BCUT2D eigenvalue weighted by molar-refractivity contribution is -0.174. The van der Waals surface area contributed by atoms with Gasteiger partial charge in [-0.1, -0.05) is 24.3 Å². The van der Waals surface area contributed by atoms with Crippen molar-refractivity contribution in [3.05, 3.63) is 66.5 Å². The average molecular weight is 483 g/mol. The molecule has 3 heterocycles. The number of nitrogens with zero attached hydrogens (tertiary/aromatic N) is 3. The molecule has 0 aliphatic carbocycles. The van der Waals surface area contributed by atoms with E-state index in [1.165, 1.54) is 0 Å². The zero-order valence-corrected chi connectivity index (χ0v) is 19.3. The molecule has 0 bridgehead atoms. The fraction of sp³-hybridized carbons (Fsp3) is 0.308. The molecular weight excluding hydrogens is 457 g/mol. The third-order valence-electron chi connectivity index (χ3n) is 6.78. The number of aromatic nitrogens is 1. The number of amides is 1. The quantitative estimate of drug-likeness (QED) is 0.554. The van der Waals surface area contributed by atoms with E-state index in [1.54, 1.807) is 19.5 Å². The Bertz CT molecular complexity index is 1260. The summed E-state index contributed by atoms with van der Waals surface area (Å²) in [6.45, 7) is 0.517. The van der Waals surface area contributed by atoms with Gasteiger partial charge in [0.2, 0.25) is 0 Å². The third kappa shape index (κ3) is 4.26. The number of para-hydroxylation sites is 1. The molecule has 182 valence electrons. The highest BCUT2D eigenvalue weighted by Crippen LogP contribution is 2.48. The van der Waals surface area contributed by atoms with Gasteiger partial charge in [0.15, 0.2) is 0 Å². The summed E-state index contributed by atoms with van der Waals surface area (Å²) in [4.78, 5) is 20.2. The predicted octanol–water partition coefficient (Wildman–Crippen LogP) is 5.23. The Hall–Kier alpha value is -3.75. The molecule has 2 unspecified atom stereocenters. The maximum absolute atomic E-state index is 12.9.